The Morgan fingerprint density at radius 1 is 0.917 bits per heavy atom. The minimum Gasteiger partial charge on any atom is -0.354 e. The van der Waals surface area contributed by atoms with Gasteiger partial charge in [0.25, 0.3) is 5.56 Å². The van der Waals surface area contributed by atoms with E-state index in [-0.39, 0.29) is 5.56 Å². The van der Waals surface area contributed by atoms with Crippen molar-refractivity contribution in [3.63, 3.8) is 0 Å². The molecular formula is C17H22N6O. The van der Waals surface area contributed by atoms with E-state index in [9.17, 15) is 4.79 Å². The summed E-state index contributed by atoms with van der Waals surface area (Å²) < 4.78 is 0. The minimum atomic E-state index is -0.164. The number of hydrogen-bond donors (Lipinski definition) is 1. The third-order valence-corrected chi connectivity index (χ3v) is 4.89. The summed E-state index contributed by atoms with van der Waals surface area (Å²) in [6, 6.07) is 3.33. The van der Waals surface area contributed by atoms with Crippen molar-refractivity contribution in [3.8, 4) is 0 Å². The van der Waals surface area contributed by atoms with Gasteiger partial charge < -0.3 is 9.80 Å². The van der Waals surface area contributed by atoms with Gasteiger partial charge in [-0.25, -0.2) is 15.1 Å². The molecule has 2 aromatic heterocycles. The lowest BCUT2D eigenvalue weighted by molar-refractivity contribution is 0.654. The fraction of sp³-hybridized carbons (Fsp3) is 0.529. The van der Waals surface area contributed by atoms with Crippen LogP contribution in [-0.4, -0.2) is 46.3 Å². The molecule has 24 heavy (non-hydrogen) atoms. The van der Waals surface area contributed by atoms with Gasteiger partial charge >= 0.3 is 0 Å². The Morgan fingerprint density at radius 3 is 2.62 bits per heavy atom. The third kappa shape index (κ3) is 2.98. The first-order chi connectivity index (χ1) is 11.8. The van der Waals surface area contributed by atoms with Gasteiger partial charge in [-0.3, -0.25) is 4.79 Å². The van der Waals surface area contributed by atoms with E-state index in [1.165, 1.54) is 30.2 Å². The average Bonchev–Trinajstić information content (AvgIpc) is 2.88. The molecule has 2 aromatic rings. The predicted octanol–water partition coefficient (Wildman–Crippen LogP) is 1.16. The molecule has 0 amide bonds. The number of anilines is 2. The topological polar surface area (TPSA) is 78.0 Å². The molecule has 7 nitrogen and oxygen atoms in total. The van der Waals surface area contributed by atoms with Crippen LogP contribution < -0.4 is 15.4 Å². The lowest BCUT2D eigenvalue weighted by Crippen LogP contribution is -2.33. The number of H-pyrrole nitrogens is 1. The Kier molecular flexibility index (Phi) is 4.15. The molecule has 0 saturated carbocycles. The van der Waals surface area contributed by atoms with Crippen LogP contribution in [0.15, 0.2) is 23.3 Å². The Morgan fingerprint density at radius 2 is 1.75 bits per heavy atom. The average molecular weight is 326 g/mol. The number of nitrogens with one attached hydrogen (secondary N) is 1. The monoisotopic (exact) mass is 326 g/mol. The molecule has 0 spiro atoms. The Bertz CT molecular complexity index is 753. The highest BCUT2D eigenvalue weighted by Crippen LogP contribution is 2.28. The molecule has 1 fully saturated rings. The molecule has 1 aliphatic heterocycles. The van der Waals surface area contributed by atoms with E-state index in [0.717, 1.165) is 57.1 Å². The van der Waals surface area contributed by atoms with Crippen LogP contribution in [0, 0.1) is 0 Å². The Hall–Kier alpha value is -2.44. The Labute approximate surface area is 140 Å². The zero-order chi connectivity index (χ0) is 16.4. The van der Waals surface area contributed by atoms with Crippen LogP contribution in [0.1, 0.15) is 30.5 Å². The molecule has 2 aliphatic rings. The molecule has 0 bridgehead atoms. The second-order valence-electron chi connectivity index (χ2n) is 6.44. The quantitative estimate of drug-likeness (QED) is 0.892. The summed E-state index contributed by atoms with van der Waals surface area (Å²) in [7, 11) is 0. The van der Waals surface area contributed by atoms with Gasteiger partial charge in [-0.05, 0) is 38.2 Å². The second kappa shape index (κ2) is 6.59. The SMILES string of the molecule is O=c1ccc(N2CCCN(c3ncnc4c3CCCC4)CC2)n[nH]1. The summed E-state index contributed by atoms with van der Waals surface area (Å²) in [5.41, 5.74) is 2.41. The molecule has 3 heterocycles. The highest BCUT2D eigenvalue weighted by atomic mass is 16.1. The summed E-state index contributed by atoms with van der Waals surface area (Å²) in [6.07, 6.45) is 7.38. The van der Waals surface area contributed by atoms with Crippen molar-refractivity contribution in [2.24, 2.45) is 0 Å². The zero-order valence-electron chi connectivity index (χ0n) is 13.7. The van der Waals surface area contributed by atoms with Gasteiger partial charge in [0.15, 0.2) is 0 Å². The van der Waals surface area contributed by atoms with Crippen LogP contribution >= 0.6 is 0 Å². The largest absolute Gasteiger partial charge is 0.354 e. The first-order valence-electron chi connectivity index (χ1n) is 8.69. The van der Waals surface area contributed by atoms with Gasteiger partial charge in [-0.1, -0.05) is 0 Å². The van der Waals surface area contributed by atoms with E-state index in [2.05, 4.69) is 30.0 Å². The molecule has 1 saturated heterocycles. The lowest BCUT2D eigenvalue weighted by Gasteiger charge is -2.27. The van der Waals surface area contributed by atoms with E-state index in [4.69, 9.17) is 0 Å². The molecular weight excluding hydrogens is 304 g/mol. The van der Waals surface area contributed by atoms with Crippen LogP contribution in [0.3, 0.4) is 0 Å². The number of nitrogens with zero attached hydrogens (tertiary/aromatic N) is 5. The van der Waals surface area contributed by atoms with E-state index in [1.807, 2.05) is 0 Å². The second-order valence-corrected chi connectivity index (χ2v) is 6.44. The lowest BCUT2D eigenvalue weighted by atomic mass is 9.96. The van der Waals surface area contributed by atoms with E-state index >= 15 is 0 Å². The van der Waals surface area contributed by atoms with Crippen LogP contribution in [0.2, 0.25) is 0 Å². The van der Waals surface area contributed by atoms with Gasteiger partial charge in [0.1, 0.15) is 18.0 Å². The number of fused-ring (bicyclic) bond motifs is 1. The highest BCUT2D eigenvalue weighted by molar-refractivity contribution is 5.50. The van der Waals surface area contributed by atoms with Gasteiger partial charge in [-0.2, -0.15) is 5.10 Å². The van der Waals surface area contributed by atoms with Crippen LogP contribution in [-0.2, 0) is 12.8 Å². The smallest absolute Gasteiger partial charge is 0.264 e. The van der Waals surface area contributed by atoms with Crippen LogP contribution in [0.25, 0.3) is 0 Å². The summed E-state index contributed by atoms with van der Waals surface area (Å²) in [5, 5.41) is 6.68. The standard InChI is InChI=1S/C17H22N6O/c24-16-7-6-15(20-21-16)22-8-3-9-23(11-10-22)17-13-4-1-2-5-14(13)18-12-19-17/h6-7,12H,1-5,8-11H2,(H,21,24). The van der Waals surface area contributed by atoms with Crippen LogP contribution in [0.4, 0.5) is 11.6 Å². The maximum absolute atomic E-state index is 11.2. The van der Waals surface area contributed by atoms with Crippen molar-refractivity contribution in [3.05, 3.63) is 40.1 Å². The molecule has 0 unspecified atom stereocenters. The number of aromatic amines is 1. The van der Waals surface area contributed by atoms with Crippen molar-refractivity contribution in [1.82, 2.24) is 20.2 Å². The highest BCUT2D eigenvalue weighted by Gasteiger charge is 2.22. The number of aryl methyl sites for hydroxylation is 1. The van der Waals surface area contributed by atoms with Crippen LogP contribution in [0.5, 0.6) is 0 Å². The maximum Gasteiger partial charge on any atom is 0.264 e. The zero-order valence-corrected chi connectivity index (χ0v) is 13.7. The summed E-state index contributed by atoms with van der Waals surface area (Å²) in [4.78, 5) is 24.9. The molecule has 4 rings (SSSR count). The summed E-state index contributed by atoms with van der Waals surface area (Å²) in [5.74, 6) is 1.96. The van der Waals surface area contributed by atoms with E-state index in [1.54, 1.807) is 12.4 Å². The molecule has 1 aliphatic carbocycles. The number of hydrogen-bond acceptors (Lipinski definition) is 6. The van der Waals surface area contributed by atoms with Gasteiger partial charge in [0, 0.05) is 43.5 Å². The molecule has 0 radical (unpaired) electrons. The fourth-order valence-electron chi connectivity index (χ4n) is 3.65. The third-order valence-electron chi connectivity index (χ3n) is 4.89. The van der Waals surface area contributed by atoms with Crippen molar-refractivity contribution in [2.75, 3.05) is 36.0 Å². The Balaban J connectivity index is 1.53. The first-order valence-corrected chi connectivity index (χ1v) is 8.69. The van der Waals surface area contributed by atoms with Crippen molar-refractivity contribution in [2.45, 2.75) is 32.1 Å². The molecule has 0 aromatic carbocycles. The molecule has 0 atom stereocenters. The van der Waals surface area contributed by atoms with Crippen molar-refractivity contribution >= 4 is 11.6 Å². The summed E-state index contributed by atoms with van der Waals surface area (Å²) in [6.45, 7) is 3.70. The number of rotatable bonds is 2. The molecule has 1 N–H and O–H groups in total. The number of aromatic nitrogens is 4. The normalized spacial score (nSPS) is 18.2. The van der Waals surface area contributed by atoms with E-state index in [0.29, 0.717) is 0 Å². The van der Waals surface area contributed by atoms with Crippen molar-refractivity contribution < 1.29 is 0 Å². The fourth-order valence-corrected chi connectivity index (χ4v) is 3.65. The van der Waals surface area contributed by atoms with E-state index < -0.39 is 0 Å². The minimum absolute atomic E-state index is 0.164. The molecule has 7 heteroatoms. The maximum atomic E-state index is 11.2. The van der Waals surface area contributed by atoms with Crippen molar-refractivity contribution in [1.29, 1.82) is 0 Å². The first kappa shape index (κ1) is 15.1. The summed E-state index contributed by atoms with van der Waals surface area (Å²) >= 11 is 0. The van der Waals surface area contributed by atoms with Gasteiger partial charge in [0.05, 0.1) is 0 Å². The predicted molar refractivity (Wildman–Crippen MR) is 92.6 cm³/mol. The molecule has 126 valence electrons. The van der Waals surface area contributed by atoms with Gasteiger partial charge in [0.2, 0.25) is 0 Å². The van der Waals surface area contributed by atoms with Gasteiger partial charge in [-0.15, -0.1) is 0 Å².